The van der Waals surface area contributed by atoms with Gasteiger partial charge in [0.1, 0.15) is 18.2 Å². The molecule has 0 radical (unpaired) electrons. The van der Waals surface area contributed by atoms with Crippen LogP contribution in [0.3, 0.4) is 0 Å². The number of cyclic esters (lactones) is 1. The maximum absolute atomic E-state index is 12.1. The van der Waals surface area contributed by atoms with Gasteiger partial charge in [-0.05, 0) is 42.9 Å². The molecule has 1 N–H and O–H groups in total. The molecule has 2 aliphatic heterocycles. The van der Waals surface area contributed by atoms with Gasteiger partial charge in [-0.3, -0.25) is 0 Å². The highest BCUT2D eigenvalue weighted by Crippen LogP contribution is 2.33. The van der Waals surface area contributed by atoms with E-state index in [0.29, 0.717) is 38.8 Å². The summed E-state index contributed by atoms with van der Waals surface area (Å²) in [4.78, 5) is 24.8. The minimum absolute atomic E-state index is 0.0501. The number of rotatable bonds is 5. The van der Waals surface area contributed by atoms with E-state index in [-0.39, 0.29) is 12.2 Å². The summed E-state index contributed by atoms with van der Waals surface area (Å²) in [6, 6.07) is 5.94. The lowest BCUT2D eigenvalue weighted by Crippen LogP contribution is -2.70. The molecule has 4 rings (SSSR count). The Morgan fingerprint density at radius 2 is 2.19 bits per heavy atom. The van der Waals surface area contributed by atoms with Gasteiger partial charge in [-0.2, -0.15) is 0 Å². The number of likely N-dealkylation sites (tertiary alicyclic amines) is 1. The van der Waals surface area contributed by atoms with E-state index in [1.165, 1.54) is 0 Å². The average molecular weight is 395 g/mol. The van der Waals surface area contributed by atoms with Crippen LogP contribution in [0.25, 0.3) is 0 Å². The summed E-state index contributed by atoms with van der Waals surface area (Å²) in [5, 5.41) is 3.50. The van der Waals surface area contributed by atoms with Gasteiger partial charge in [-0.1, -0.05) is 23.7 Å². The van der Waals surface area contributed by atoms with Crippen LogP contribution < -0.4 is 5.32 Å². The zero-order valence-electron chi connectivity index (χ0n) is 15.2. The molecule has 2 heterocycles. The van der Waals surface area contributed by atoms with Crippen LogP contribution in [-0.2, 0) is 20.8 Å². The maximum atomic E-state index is 12.1. The van der Waals surface area contributed by atoms with Gasteiger partial charge in [0.2, 0.25) is 0 Å². The Bertz CT molecular complexity index is 744. The summed E-state index contributed by atoms with van der Waals surface area (Å²) < 4.78 is 16.2. The van der Waals surface area contributed by atoms with Crippen molar-refractivity contribution in [3.8, 4) is 0 Å². The van der Waals surface area contributed by atoms with E-state index in [0.717, 1.165) is 29.0 Å². The number of carbonyl (C=O) groups is 2. The van der Waals surface area contributed by atoms with Crippen molar-refractivity contribution in [2.24, 2.45) is 5.92 Å². The fourth-order valence-corrected chi connectivity index (χ4v) is 3.87. The fraction of sp³-hybridized carbons (Fsp3) is 0.579. The van der Waals surface area contributed by atoms with Gasteiger partial charge in [0.05, 0.1) is 26.3 Å². The zero-order chi connectivity index (χ0) is 19.0. The average Bonchev–Trinajstić information content (AvgIpc) is 2.96. The number of benzene rings is 1. The first-order valence-electron chi connectivity index (χ1n) is 9.16. The largest absolute Gasteiger partial charge is 0.447 e. The second-order valence-electron chi connectivity index (χ2n) is 7.78. The minimum Gasteiger partial charge on any atom is -0.447 e. The first-order valence-corrected chi connectivity index (χ1v) is 9.53. The van der Waals surface area contributed by atoms with Gasteiger partial charge >= 0.3 is 12.2 Å². The molecular formula is C19H23ClN2O5. The summed E-state index contributed by atoms with van der Waals surface area (Å²) in [5.74, 6) is 0.411. The topological polar surface area (TPSA) is 77.1 Å². The highest BCUT2D eigenvalue weighted by atomic mass is 35.5. The first kappa shape index (κ1) is 18.4. The van der Waals surface area contributed by atoms with Gasteiger partial charge in [-0.15, -0.1) is 0 Å². The number of halogens is 1. The van der Waals surface area contributed by atoms with Crippen molar-refractivity contribution in [2.75, 3.05) is 26.3 Å². The highest BCUT2D eigenvalue weighted by molar-refractivity contribution is 6.31. The lowest BCUT2D eigenvalue weighted by atomic mass is 9.83. The van der Waals surface area contributed by atoms with E-state index in [1.54, 1.807) is 4.90 Å². The third-order valence-corrected chi connectivity index (χ3v) is 5.82. The van der Waals surface area contributed by atoms with E-state index < -0.39 is 11.6 Å². The molecular weight excluding hydrogens is 372 g/mol. The van der Waals surface area contributed by atoms with Gasteiger partial charge in [0, 0.05) is 5.02 Å². The smallest absolute Gasteiger partial charge is 0.410 e. The van der Waals surface area contributed by atoms with E-state index >= 15 is 0 Å². The molecule has 1 aromatic carbocycles. The molecule has 1 aliphatic carbocycles. The minimum atomic E-state index is -0.419. The van der Waals surface area contributed by atoms with Crippen LogP contribution in [-0.4, -0.2) is 55.0 Å². The summed E-state index contributed by atoms with van der Waals surface area (Å²) in [7, 11) is 0. The van der Waals surface area contributed by atoms with Crippen molar-refractivity contribution < 1.29 is 23.8 Å². The lowest BCUT2D eigenvalue weighted by molar-refractivity contribution is -0.0490. The molecule has 3 fully saturated rings. The molecule has 2 amide bonds. The molecule has 0 unspecified atom stereocenters. The lowest BCUT2D eigenvalue weighted by Gasteiger charge is -2.46. The zero-order valence-corrected chi connectivity index (χ0v) is 16.0. The highest BCUT2D eigenvalue weighted by Gasteiger charge is 2.52. The monoisotopic (exact) mass is 394 g/mol. The number of ether oxygens (including phenoxy) is 3. The quantitative estimate of drug-likeness (QED) is 0.830. The second-order valence-corrected chi connectivity index (χ2v) is 8.19. The Hall–Kier alpha value is -1.99. The van der Waals surface area contributed by atoms with Crippen LogP contribution >= 0.6 is 11.6 Å². The number of hydrogen-bond acceptors (Lipinski definition) is 5. The molecule has 7 nitrogen and oxygen atoms in total. The summed E-state index contributed by atoms with van der Waals surface area (Å²) in [6.45, 7) is 4.34. The number of amides is 2. The normalized spacial score (nSPS) is 25.4. The molecule has 146 valence electrons. The van der Waals surface area contributed by atoms with Crippen LogP contribution in [0.4, 0.5) is 9.59 Å². The number of alkyl carbamates (subject to hydrolysis) is 1. The molecule has 0 atom stereocenters. The molecule has 3 aliphatic rings. The molecule has 1 saturated carbocycles. The van der Waals surface area contributed by atoms with Gasteiger partial charge in [-0.25, -0.2) is 9.59 Å². The summed E-state index contributed by atoms with van der Waals surface area (Å²) in [5.41, 5.74) is 1.70. The Morgan fingerprint density at radius 1 is 1.41 bits per heavy atom. The Kier molecular flexibility index (Phi) is 4.90. The summed E-state index contributed by atoms with van der Waals surface area (Å²) in [6.07, 6.45) is 0.849. The molecule has 2 saturated heterocycles. The van der Waals surface area contributed by atoms with Crippen LogP contribution in [0, 0.1) is 12.8 Å². The second kappa shape index (κ2) is 7.20. The van der Waals surface area contributed by atoms with Gasteiger partial charge in [0.25, 0.3) is 0 Å². The van der Waals surface area contributed by atoms with Crippen molar-refractivity contribution in [1.29, 1.82) is 0 Å². The Labute approximate surface area is 162 Å². The fourth-order valence-electron chi connectivity index (χ4n) is 3.67. The van der Waals surface area contributed by atoms with Crippen molar-refractivity contribution >= 4 is 23.8 Å². The predicted molar refractivity (Wildman–Crippen MR) is 97.6 cm³/mol. The van der Waals surface area contributed by atoms with Crippen molar-refractivity contribution in [1.82, 2.24) is 10.2 Å². The Balaban J connectivity index is 1.11. The van der Waals surface area contributed by atoms with E-state index in [4.69, 9.17) is 25.8 Å². The molecule has 0 bridgehead atoms. The van der Waals surface area contributed by atoms with Crippen molar-refractivity contribution in [3.05, 3.63) is 34.3 Å². The number of nitrogens with zero attached hydrogens (tertiary/aromatic N) is 1. The third-order valence-electron chi connectivity index (χ3n) is 5.41. The number of carbonyl (C=O) groups excluding carboxylic acids is 2. The molecule has 1 spiro atoms. The Morgan fingerprint density at radius 3 is 2.85 bits per heavy atom. The molecule has 8 heteroatoms. The summed E-state index contributed by atoms with van der Waals surface area (Å²) >= 11 is 6.11. The SMILES string of the molecule is Cc1ccc(COC[C@H]2C[C@@H](OC(=O)N3CC4(COC(=O)N4)C3)C2)cc1Cl. The van der Waals surface area contributed by atoms with Crippen LogP contribution in [0.1, 0.15) is 24.0 Å². The van der Waals surface area contributed by atoms with E-state index in [2.05, 4.69) is 5.32 Å². The number of aryl methyl sites for hydroxylation is 1. The number of nitrogens with one attached hydrogen (secondary N) is 1. The first-order chi connectivity index (χ1) is 12.9. The third kappa shape index (κ3) is 3.99. The predicted octanol–water partition coefficient (Wildman–Crippen LogP) is 2.87. The molecule has 1 aromatic rings. The van der Waals surface area contributed by atoms with Crippen LogP contribution in [0.15, 0.2) is 18.2 Å². The van der Waals surface area contributed by atoms with Gasteiger partial charge in [0.15, 0.2) is 0 Å². The van der Waals surface area contributed by atoms with Crippen molar-refractivity contribution in [3.63, 3.8) is 0 Å². The standard InChI is InChI=1S/C19H23ClN2O5/c1-12-2-3-13(6-16(12)20)7-25-8-14-4-15(5-14)27-18(24)22-9-19(10-22)11-26-17(23)21-19/h2-3,6,14-15H,4-5,7-11H2,1H3,(H,21,23)/t14-,15+. The maximum Gasteiger partial charge on any atom is 0.410 e. The molecule has 27 heavy (non-hydrogen) atoms. The van der Waals surface area contributed by atoms with E-state index in [9.17, 15) is 9.59 Å². The number of hydrogen-bond donors (Lipinski definition) is 1. The molecule has 0 aromatic heterocycles. The van der Waals surface area contributed by atoms with E-state index in [1.807, 2.05) is 25.1 Å². The van der Waals surface area contributed by atoms with Crippen LogP contribution in [0.5, 0.6) is 0 Å². The van der Waals surface area contributed by atoms with Crippen molar-refractivity contribution in [2.45, 2.75) is 38.0 Å². The van der Waals surface area contributed by atoms with Crippen LogP contribution in [0.2, 0.25) is 5.02 Å². The van der Waals surface area contributed by atoms with Gasteiger partial charge < -0.3 is 24.4 Å².